The third kappa shape index (κ3) is 4.92. The fourth-order valence-electron chi connectivity index (χ4n) is 1.39. The van der Waals surface area contributed by atoms with Crippen LogP contribution in [0.4, 0.5) is 5.95 Å². The van der Waals surface area contributed by atoms with E-state index in [1.54, 1.807) is 19.2 Å². The summed E-state index contributed by atoms with van der Waals surface area (Å²) in [5, 5.41) is 2.78. The van der Waals surface area contributed by atoms with E-state index in [1.807, 2.05) is 6.92 Å². The van der Waals surface area contributed by atoms with Crippen LogP contribution in [0.15, 0.2) is 6.07 Å². The maximum Gasteiger partial charge on any atom is 0.270 e. The van der Waals surface area contributed by atoms with Crippen LogP contribution in [-0.4, -0.2) is 38.1 Å². The van der Waals surface area contributed by atoms with Crippen molar-refractivity contribution < 1.29 is 9.00 Å². The number of aromatic nitrogens is 2. The Hall–Kier alpha value is -1.54. The van der Waals surface area contributed by atoms with Gasteiger partial charge in [0.15, 0.2) is 0 Å². The standard InChI is InChI=1S/C11H19N5O2S/c1-7-6-9(15-11(14-7)16-12)10(17)13-5-4-8(2)19(3)18/h6,8H,4-5,12H2,1-3H3,(H,13,17)(H,14,15,16). The molecule has 1 heterocycles. The predicted octanol–water partition coefficient (Wildman–Crippen LogP) is -0.0425. The molecule has 106 valence electrons. The summed E-state index contributed by atoms with van der Waals surface area (Å²) in [4.78, 5) is 19.8. The summed E-state index contributed by atoms with van der Waals surface area (Å²) in [7, 11) is -0.882. The number of aryl methyl sites for hydroxylation is 1. The lowest BCUT2D eigenvalue weighted by Gasteiger charge is -2.09. The van der Waals surface area contributed by atoms with Gasteiger partial charge in [0.2, 0.25) is 5.95 Å². The minimum absolute atomic E-state index is 0.0497. The maximum absolute atomic E-state index is 11.9. The second-order valence-electron chi connectivity index (χ2n) is 4.22. The van der Waals surface area contributed by atoms with Crippen molar-refractivity contribution in [2.75, 3.05) is 18.2 Å². The number of hydrogen-bond donors (Lipinski definition) is 3. The van der Waals surface area contributed by atoms with Gasteiger partial charge in [-0.1, -0.05) is 6.92 Å². The number of nitrogens with zero attached hydrogens (tertiary/aromatic N) is 2. The molecule has 0 bridgehead atoms. The van der Waals surface area contributed by atoms with E-state index in [1.165, 1.54) is 0 Å². The Morgan fingerprint density at radius 2 is 2.21 bits per heavy atom. The second-order valence-corrected chi connectivity index (χ2v) is 6.02. The van der Waals surface area contributed by atoms with Crippen molar-refractivity contribution in [3.05, 3.63) is 17.5 Å². The van der Waals surface area contributed by atoms with E-state index in [2.05, 4.69) is 20.7 Å². The van der Waals surface area contributed by atoms with E-state index in [4.69, 9.17) is 5.84 Å². The highest BCUT2D eigenvalue weighted by Gasteiger charge is 2.11. The number of hydrogen-bond acceptors (Lipinski definition) is 6. The van der Waals surface area contributed by atoms with Gasteiger partial charge in [-0.05, 0) is 19.4 Å². The fraction of sp³-hybridized carbons (Fsp3) is 0.545. The van der Waals surface area contributed by atoms with Crippen molar-refractivity contribution in [1.29, 1.82) is 0 Å². The van der Waals surface area contributed by atoms with Gasteiger partial charge < -0.3 is 5.32 Å². The highest BCUT2D eigenvalue weighted by Crippen LogP contribution is 2.04. The fourth-order valence-corrected chi connectivity index (χ4v) is 1.84. The molecule has 0 saturated carbocycles. The summed E-state index contributed by atoms with van der Waals surface area (Å²) in [6.45, 7) is 4.09. The number of anilines is 1. The van der Waals surface area contributed by atoms with Crippen LogP contribution >= 0.6 is 0 Å². The van der Waals surface area contributed by atoms with Gasteiger partial charge in [-0.15, -0.1) is 0 Å². The Morgan fingerprint density at radius 3 is 2.79 bits per heavy atom. The average molecular weight is 285 g/mol. The van der Waals surface area contributed by atoms with Gasteiger partial charge in [-0.25, -0.2) is 15.8 Å². The van der Waals surface area contributed by atoms with E-state index in [-0.39, 0.29) is 22.8 Å². The zero-order valence-electron chi connectivity index (χ0n) is 11.3. The van der Waals surface area contributed by atoms with E-state index in [0.717, 1.165) is 0 Å². The van der Waals surface area contributed by atoms with Crippen molar-refractivity contribution in [2.45, 2.75) is 25.5 Å². The molecule has 8 heteroatoms. The number of hydrazine groups is 1. The summed E-state index contributed by atoms with van der Waals surface area (Å²) in [5.41, 5.74) is 3.21. The maximum atomic E-state index is 11.9. The number of carbonyl (C=O) groups excluding carboxylic acids is 1. The Labute approximate surface area is 114 Å². The van der Waals surface area contributed by atoms with Gasteiger partial charge >= 0.3 is 0 Å². The SMILES string of the molecule is Cc1cc(C(=O)NCCC(C)S(C)=O)nc(NN)n1. The number of nitrogens with two attached hydrogens (primary N) is 1. The summed E-state index contributed by atoms with van der Waals surface area (Å²) in [6.07, 6.45) is 2.31. The normalized spacial score (nSPS) is 13.7. The monoisotopic (exact) mass is 285 g/mol. The Balaban J connectivity index is 2.58. The van der Waals surface area contributed by atoms with Crippen LogP contribution < -0.4 is 16.6 Å². The number of nitrogens with one attached hydrogen (secondary N) is 2. The lowest BCUT2D eigenvalue weighted by molar-refractivity contribution is 0.0948. The quantitative estimate of drug-likeness (QED) is 0.499. The molecule has 1 rings (SSSR count). The van der Waals surface area contributed by atoms with Gasteiger partial charge in [0.1, 0.15) is 5.69 Å². The van der Waals surface area contributed by atoms with Crippen LogP contribution in [0.2, 0.25) is 0 Å². The van der Waals surface area contributed by atoms with E-state index < -0.39 is 10.8 Å². The van der Waals surface area contributed by atoms with Crippen molar-refractivity contribution in [2.24, 2.45) is 5.84 Å². The average Bonchev–Trinajstić information content (AvgIpc) is 2.37. The molecule has 0 radical (unpaired) electrons. The van der Waals surface area contributed by atoms with E-state index >= 15 is 0 Å². The summed E-state index contributed by atoms with van der Waals surface area (Å²) >= 11 is 0. The van der Waals surface area contributed by atoms with Crippen molar-refractivity contribution >= 4 is 22.7 Å². The van der Waals surface area contributed by atoms with Crippen molar-refractivity contribution in [3.8, 4) is 0 Å². The topological polar surface area (TPSA) is 110 Å². The molecule has 2 atom stereocenters. The molecule has 0 aliphatic carbocycles. The highest BCUT2D eigenvalue weighted by atomic mass is 32.2. The molecule has 4 N–H and O–H groups in total. The number of nitrogen functional groups attached to an aromatic ring is 1. The highest BCUT2D eigenvalue weighted by molar-refractivity contribution is 7.84. The minimum Gasteiger partial charge on any atom is -0.351 e. The first kappa shape index (κ1) is 15.5. The van der Waals surface area contributed by atoms with Crippen LogP contribution in [0.5, 0.6) is 0 Å². The molecular weight excluding hydrogens is 266 g/mol. The van der Waals surface area contributed by atoms with Crippen LogP contribution in [0.1, 0.15) is 29.5 Å². The van der Waals surface area contributed by atoms with E-state index in [0.29, 0.717) is 18.7 Å². The van der Waals surface area contributed by atoms with Crippen LogP contribution in [-0.2, 0) is 10.8 Å². The third-order valence-corrected chi connectivity index (χ3v) is 3.99. The summed E-state index contributed by atoms with van der Waals surface area (Å²) < 4.78 is 11.2. The minimum atomic E-state index is -0.882. The number of amides is 1. The molecule has 0 aromatic carbocycles. The molecule has 7 nitrogen and oxygen atoms in total. The molecule has 0 fully saturated rings. The lowest BCUT2D eigenvalue weighted by Crippen LogP contribution is -2.28. The predicted molar refractivity (Wildman–Crippen MR) is 75.1 cm³/mol. The zero-order chi connectivity index (χ0) is 14.4. The molecular formula is C11H19N5O2S. The summed E-state index contributed by atoms with van der Waals surface area (Å²) in [6, 6.07) is 1.58. The van der Waals surface area contributed by atoms with E-state index in [9.17, 15) is 9.00 Å². The lowest BCUT2D eigenvalue weighted by atomic mass is 10.3. The van der Waals surface area contributed by atoms with Crippen LogP contribution in [0, 0.1) is 6.92 Å². The Kier molecular flexibility index (Phi) is 5.84. The molecule has 0 spiro atoms. The van der Waals surface area contributed by atoms with Crippen LogP contribution in [0.3, 0.4) is 0 Å². The molecule has 0 aliphatic rings. The summed E-state index contributed by atoms with van der Waals surface area (Å²) in [5.74, 6) is 5.13. The molecule has 0 saturated heterocycles. The van der Waals surface area contributed by atoms with Gasteiger partial charge in [0.25, 0.3) is 5.91 Å². The molecule has 0 aliphatic heterocycles. The largest absolute Gasteiger partial charge is 0.351 e. The first-order valence-electron chi connectivity index (χ1n) is 5.86. The molecule has 19 heavy (non-hydrogen) atoms. The van der Waals surface area contributed by atoms with Crippen LogP contribution in [0.25, 0.3) is 0 Å². The smallest absolute Gasteiger partial charge is 0.270 e. The first-order chi connectivity index (χ1) is 8.93. The zero-order valence-corrected chi connectivity index (χ0v) is 12.1. The van der Waals surface area contributed by atoms with Gasteiger partial charge in [-0.2, -0.15) is 0 Å². The molecule has 1 amide bonds. The van der Waals surface area contributed by atoms with Gasteiger partial charge in [-0.3, -0.25) is 14.4 Å². The Bertz CT molecular complexity index is 480. The number of carbonyl (C=O) groups is 1. The molecule has 2 unspecified atom stereocenters. The third-order valence-electron chi connectivity index (χ3n) is 2.62. The molecule has 1 aromatic rings. The second kappa shape index (κ2) is 7.15. The van der Waals surface area contributed by atoms with Gasteiger partial charge in [0, 0.05) is 34.5 Å². The van der Waals surface area contributed by atoms with Gasteiger partial charge in [0.05, 0.1) is 0 Å². The molecule has 1 aromatic heterocycles. The Morgan fingerprint density at radius 1 is 1.53 bits per heavy atom. The first-order valence-corrected chi connectivity index (χ1v) is 7.49. The van der Waals surface area contributed by atoms with Crippen molar-refractivity contribution in [3.63, 3.8) is 0 Å². The number of rotatable bonds is 6. The van der Waals surface area contributed by atoms with Crippen molar-refractivity contribution in [1.82, 2.24) is 15.3 Å².